The van der Waals surface area contributed by atoms with Crippen LogP contribution in [-0.2, 0) is 4.79 Å². The summed E-state index contributed by atoms with van der Waals surface area (Å²) in [6.07, 6.45) is 3.11. The number of rotatable bonds is 4. The number of benzene rings is 1. The maximum absolute atomic E-state index is 13.5. The summed E-state index contributed by atoms with van der Waals surface area (Å²) in [5, 5.41) is 11.6. The highest BCUT2D eigenvalue weighted by molar-refractivity contribution is 7.14. The maximum atomic E-state index is 13.5. The Bertz CT molecular complexity index is 1020. The number of nitriles is 1. The molecule has 1 saturated heterocycles. The Kier molecular flexibility index (Phi) is 5.54. The number of carbonyl (C=O) groups is 1. The Morgan fingerprint density at radius 2 is 1.97 bits per heavy atom. The third kappa shape index (κ3) is 4.13. The number of para-hydroxylation sites is 1. The molecule has 29 heavy (non-hydrogen) atoms. The first-order valence-corrected chi connectivity index (χ1v) is 10.5. The molecule has 0 radical (unpaired) electrons. The predicted octanol–water partition coefficient (Wildman–Crippen LogP) is 4.30. The van der Waals surface area contributed by atoms with Crippen LogP contribution in [0, 0.1) is 24.2 Å². The van der Waals surface area contributed by atoms with Crippen molar-refractivity contribution in [2.45, 2.75) is 19.8 Å². The average Bonchev–Trinajstić information content (AvgIpc) is 3.20. The van der Waals surface area contributed by atoms with Gasteiger partial charge in [-0.05, 0) is 44.0 Å². The number of carbonyl (C=O) groups excluding carboxylic acids is 1. The molecule has 0 saturated carbocycles. The number of aromatic nitrogens is 2. The molecule has 0 unspecified atom stereocenters. The van der Waals surface area contributed by atoms with Crippen molar-refractivity contribution in [3.05, 3.63) is 65.3 Å². The van der Waals surface area contributed by atoms with Crippen LogP contribution in [0.25, 0.3) is 0 Å². The predicted molar refractivity (Wildman–Crippen MR) is 114 cm³/mol. The summed E-state index contributed by atoms with van der Waals surface area (Å²) in [7, 11) is 0. The SMILES string of the molecule is Cc1csc(N(C(=O)C2CCN(c3ccc(C#N)cn3)CC2)c2ccccc2)n1. The first-order valence-electron chi connectivity index (χ1n) is 9.58. The zero-order valence-corrected chi connectivity index (χ0v) is 17.0. The Morgan fingerprint density at radius 1 is 1.21 bits per heavy atom. The number of anilines is 3. The van der Waals surface area contributed by atoms with E-state index in [1.165, 1.54) is 11.3 Å². The second kappa shape index (κ2) is 8.41. The molecule has 3 aromatic rings. The molecule has 1 fully saturated rings. The van der Waals surface area contributed by atoms with E-state index >= 15 is 0 Å². The number of thiazole rings is 1. The van der Waals surface area contributed by atoms with Crippen LogP contribution in [-0.4, -0.2) is 29.0 Å². The second-order valence-corrected chi connectivity index (χ2v) is 7.90. The molecule has 146 valence electrons. The highest BCUT2D eigenvalue weighted by atomic mass is 32.1. The molecule has 0 N–H and O–H groups in total. The molecular weight excluding hydrogens is 382 g/mol. The number of hydrogen-bond acceptors (Lipinski definition) is 6. The van der Waals surface area contributed by atoms with Gasteiger partial charge in [0, 0.05) is 30.6 Å². The van der Waals surface area contributed by atoms with Gasteiger partial charge in [-0.3, -0.25) is 9.69 Å². The lowest BCUT2D eigenvalue weighted by molar-refractivity contribution is -0.122. The van der Waals surface area contributed by atoms with E-state index in [1.54, 1.807) is 17.2 Å². The standard InChI is InChI=1S/C22H21N5OS/c1-16-15-29-22(25-16)27(19-5-3-2-4-6-19)21(28)18-9-11-26(12-10-18)20-8-7-17(13-23)14-24-20/h2-8,14-15,18H,9-12H2,1H3. The number of amides is 1. The lowest BCUT2D eigenvalue weighted by Gasteiger charge is -2.34. The van der Waals surface area contributed by atoms with Crippen LogP contribution in [0.15, 0.2) is 54.0 Å². The van der Waals surface area contributed by atoms with Gasteiger partial charge in [0.05, 0.1) is 16.9 Å². The van der Waals surface area contributed by atoms with Crippen molar-refractivity contribution in [2.24, 2.45) is 5.92 Å². The fourth-order valence-corrected chi connectivity index (χ4v) is 4.36. The maximum Gasteiger partial charge on any atom is 0.236 e. The smallest absolute Gasteiger partial charge is 0.236 e. The van der Waals surface area contributed by atoms with Gasteiger partial charge < -0.3 is 4.90 Å². The highest BCUT2D eigenvalue weighted by Gasteiger charge is 2.31. The van der Waals surface area contributed by atoms with Crippen molar-refractivity contribution in [3.8, 4) is 6.07 Å². The summed E-state index contributed by atoms with van der Waals surface area (Å²) < 4.78 is 0. The van der Waals surface area contributed by atoms with E-state index in [4.69, 9.17) is 5.26 Å². The van der Waals surface area contributed by atoms with Crippen LogP contribution in [0.3, 0.4) is 0 Å². The number of pyridine rings is 1. The van der Waals surface area contributed by atoms with Gasteiger partial charge in [0.2, 0.25) is 5.91 Å². The van der Waals surface area contributed by atoms with Gasteiger partial charge in [-0.2, -0.15) is 5.26 Å². The molecule has 1 aliphatic rings. The second-order valence-electron chi connectivity index (χ2n) is 7.06. The van der Waals surface area contributed by atoms with Crippen molar-refractivity contribution in [2.75, 3.05) is 22.9 Å². The minimum Gasteiger partial charge on any atom is -0.357 e. The summed E-state index contributed by atoms with van der Waals surface area (Å²) in [6, 6.07) is 15.5. The third-order valence-electron chi connectivity index (χ3n) is 5.08. The molecule has 6 nitrogen and oxygen atoms in total. The molecule has 0 atom stereocenters. The summed E-state index contributed by atoms with van der Waals surface area (Å²) in [4.78, 5) is 26.3. The van der Waals surface area contributed by atoms with Gasteiger partial charge >= 0.3 is 0 Å². The molecular formula is C22H21N5OS. The molecule has 1 aromatic carbocycles. The fourth-order valence-electron chi connectivity index (χ4n) is 3.53. The Balaban J connectivity index is 1.50. The van der Waals surface area contributed by atoms with E-state index in [-0.39, 0.29) is 11.8 Å². The van der Waals surface area contributed by atoms with Crippen LogP contribution < -0.4 is 9.80 Å². The zero-order chi connectivity index (χ0) is 20.2. The van der Waals surface area contributed by atoms with Crippen LogP contribution in [0.2, 0.25) is 0 Å². The van der Waals surface area contributed by atoms with E-state index in [0.29, 0.717) is 5.56 Å². The number of hydrogen-bond donors (Lipinski definition) is 0. The van der Waals surface area contributed by atoms with Crippen molar-refractivity contribution >= 4 is 33.9 Å². The minimum atomic E-state index is -0.0611. The quantitative estimate of drug-likeness (QED) is 0.649. The Morgan fingerprint density at radius 3 is 2.55 bits per heavy atom. The Labute approximate surface area is 174 Å². The van der Waals surface area contributed by atoms with Crippen molar-refractivity contribution in [1.82, 2.24) is 9.97 Å². The van der Waals surface area contributed by atoms with E-state index in [1.807, 2.05) is 48.7 Å². The summed E-state index contributed by atoms with van der Waals surface area (Å²) >= 11 is 1.49. The molecule has 7 heteroatoms. The van der Waals surface area contributed by atoms with Crippen LogP contribution in [0.4, 0.5) is 16.6 Å². The molecule has 0 bridgehead atoms. The van der Waals surface area contributed by atoms with Crippen molar-refractivity contribution in [3.63, 3.8) is 0 Å². The van der Waals surface area contributed by atoms with Gasteiger partial charge in [-0.25, -0.2) is 9.97 Å². The van der Waals surface area contributed by atoms with Crippen molar-refractivity contribution < 1.29 is 4.79 Å². The zero-order valence-electron chi connectivity index (χ0n) is 16.2. The van der Waals surface area contributed by atoms with Crippen LogP contribution >= 0.6 is 11.3 Å². The number of piperidine rings is 1. The Hall–Kier alpha value is -3.24. The van der Waals surface area contributed by atoms with E-state index in [0.717, 1.165) is 48.3 Å². The summed E-state index contributed by atoms with van der Waals surface area (Å²) in [5.41, 5.74) is 2.32. The molecule has 1 amide bonds. The topological polar surface area (TPSA) is 73.1 Å². The lowest BCUT2D eigenvalue weighted by Crippen LogP contribution is -2.41. The molecule has 4 rings (SSSR count). The number of aryl methyl sites for hydroxylation is 1. The van der Waals surface area contributed by atoms with Gasteiger partial charge in [-0.1, -0.05) is 18.2 Å². The summed E-state index contributed by atoms with van der Waals surface area (Å²) in [6.45, 7) is 3.46. The molecule has 2 aromatic heterocycles. The van der Waals surface area contributed by atoms with Gasteiger partial charge in [-0.15, -0.1) is 11.3 Å². The lowest BCUT2D eigenvalue weighted by atomic mass is 9.95. The van der Waals surface area contributed by atoms with Gasteiger partial charge in [0.1, 0.15) is 11.9 Å². The summed E-state index contributed by atoms with van der Waals surface area (Å²) in [5.74, 6) is 0.886. The normalized spacial score (nSPS) is 14.4. The highest BCUT2D eigenvalue weighted by Crippen LogP contribution is 2.33. The first kappa shape index (κ1) is 19.1. The molecule has 0 aliphatic carbocycles. The number of nitrogens with zero attached hydrogens (tertiary/aromatic N) is 5. The molecule has 1 aliphatic heterocycles. The van der Waals surface area contributed by atoms with Crippen LogP contribution in [0.5, 0.6) is 0 Å². The molecule has 0 spiro atoms. The van der Waals surface area contributed by atoms with E-state index in [2.05, 4.69) is 20.9 Å². The van der Waals surface area contributed by atoms with E-state index in [9.17, 15) is 4.79 Å². The monoisotopic (exact) mass is 403 g/mol. The average molecular weight is 404 g/mol. The first-order chi connectivity index (χ1) is 14.2. The largest absolute Gasteiger partial charge is 0.357 e. The van der Waals surface area contributed by atoms with Crippen LogP contribution in [0.1, 0.15) is 24.1 Å². The molecule has 3 heterocycles. The third-order valence-corrected chi connectivity index (χ3v) is 6.02. The van der Waals surface area contributed by atoms with E-state index < -0.39 is 0 Å². The van der Waals surface area contributed by atoms with Gasteiger partial charge in [0.15, 0.2) is 5.13 Å². The van der Waals surface area contributed by atoms with Gasteiger partial charge in [0.25, 0.3) is 0 Å². The minimum absolute atomic E-state index is 0.0611. The fraction of sp³-hybridized carbons (Fsp3) is 0.273. The van der Waals surface area contributed by atoms with Crippen molar-refractivity contribution in [1.29, 1.82) is 5.26 Å².